The Morgan fingerprint density at radius 1 is 0.659 bits per heavy atom. The first-order chi connectivity index (χ1) is 41.9. The molecule has 2 saturated heterocycles. The van der Waals surface area contributed by atoms with E-state index in [9.17, 15) is 55.8 Å². The fraction of sp³-hybridized carbons (Fsp3) is 0.383. The van der Waals surface area contributed by atoms with E-state index in [4.69, 9.17) is 14.2 Å². The van der Waals surface area contributed by atoms with Crippen LogP contribution in [0.2, 0.25) is 0 Å². The zero-order valence-electron chi connectivity index (χ0n) is 49.0. The largest absolute Gasteiger partial charge is 0.495 e. The number of hydrogen-bond acceptors (Lipinski definition) is 16. The van der Waals surface area contributed by atoms with Gasteiger partial charge in [-0.15, -0.1) is 0 Å². The molecule has 0 radical (unpaired) electrons. The maximum Gasteiger partial charge on any atom is 0.323 e. The quantitative estimate of drug-likeness (QED) is 0.0406. The highest BCUT2D eigenvalue weighted by Crippen LogP contribution is 2.31. The maximum absolute atomic E-state index is 13.5. The van der Waals surface area contributed by atoms with Crippen LogP contribution in [0, 0.1) is 19.8 Å². The molecule has 0 spiro atoms. The number of ether oxygens (including phenoxy) is 3. The lowest BCUT2D eigenvalue weighted by atomic mass is 10.0. The Kier molecular flexibility index (Phi) is 21.5. The molecule has 9 rings (SSSR count). The van der Waals surface area contributed by atoms with Crippen molar-refractivity contribution in [2.75, 3.05) is 60.8 Å². The summed E-state index contributed by atoms with van der Waals surface area (Å²) in [5.74, 6) is -1.80. The number of aromatic nitrogens is 1. The fourth-order valence-electron chi connectivity index (χ4n) is 10.5. The fourth-order valence-corrected chi connectivity index (χ4v) is 12.4. The highest BCUT2D eigenvalue weighted by Gasteiger charge is 2.43. The van der Waals surface area contributed by atoms with Crippen molar-refractivity contribution in [3.63, 3.8) is 0 Å². The van der Waals surface area contributed by atoms with Crippen molar-refractivity contribution < 1.29 is 70.0 Å². The normalized spacial score (nSPS) is 19.5. The molecule has 7 atom stereocenters. The van der Waals surface area contributed by atoms with Gasteiger partial charge in [-0.3, -0.25) is 24.2 Å². The van der Waals surface area contributed by atoms with Gasteiger partial charge in [0.1, 0.15) is 42.1 Å². The average molecular weight is 1250 g/mol. The number of carbonyl (C=O) groups excluding carboxylic acids is 4. The smallest absolute Gasteiger partial charge is 0.323 e. The Morgan fingerprint density at radius 3 is 1.82 bits per heavy atom. The number of rotatable bonds is 22. The first-order valence-electron chi connectivity index (χ1n) is 28.3. The Balaban J connectivity index is 0.000000230. The van der Waals surface area contributed by atoms with E-state index in [1.807, 2.05) is 57.2 Å². The Morgan fingerprint density at radius 2 is 1.23 bits per heavy atom. The van der Waals surface area contributed by atoms with Crippen LogP contribution in [0.1, 0.15) is 61.4 Å². The molecule has 6 amide bonds. The van der Waals surface area contributed by atoms with Gasteiger partial charge < -0.3 is 55.5 Å². The number of methoxy groups -OCH3 is 1. The Bertz CT molecular complexity index is 3670. The topological polar surface area (TPSA) is 355 Å². The number of carboxylic acid groups (broad SMARTS) is 2. The molecule has 8 N–H and O–H groups in total. The van der Waals surface area contributed by atoms with E-state index in [1.165, 1.54) is 25.4 Å². The van der Waals surface area contributed by atoms with E-state index >= 15 is 0 Å². The van der Waals surface area contributed by atoms with Gasteiger partial charge in [-0.2, -0.15) is 4.72 Å². The molecule has 0 bridgehead atoms. The van der Waals surface area contributed by atoms with Crippen molar-refractivity contribution >= 4 is 90.4 Å². The molecule has 5 aromatic rings. The van der Waals surface area contributed by atoms with E-state index in [0.717, 1.165) is 30.2 Å². The molecule has 4 aliphatic heterocycles. The van der Waals surface area contributed by atoms with Gasteiger partial charge in [-0.1, -0.05) is 67.6 Å². The minimum absolute atomic E-state index is 0.0367. The van der Waals surface area contributed by atoms with E-state index in [1.54, 1.807) is 70.5 Å². The van der Waals surface area contributed by atoms with Crippen LogP contribution >= 0.6 is 0 Å². The number of para-hydroxylation sites is 2. The van der Waals surface area contributed by atoms with Crippen molar-refractivity contribution in [3.8, 4) is 5.75 Å². The molecule has 26 nitrogen and oxygen atoms in total. The molecule has 88 heavy (non-hydrogen) atoms. The predicted molar refractivity (Wildman–Crippen MR) is 327 cm³/mol. The van der Waals surface area contributed by atoms with E-state index in [0.29, 0.717) is 71.1 Å². The number of likely N-dealkylation sites (tertiary alicyclic amines) is 2. The van der Waals surface area contributed by atoms with E-state index in [-0.39, 0.29) is 61.4 Å². The van der Waals surface area contributed by atoms with E-state index in [2.05, 4.69) is 45.7 Å². The number of aryl methyl sites for hydroxylation is 2. The molecular weight excluding hydrogens is 1180 g/mol. The van der Waals surface area contributed by atoms with Crippen LogP contribution in [0.15, 0.2) is 130 Å². The zero-order valence-corrected chi connectivity index (χ0v) is 50.7. The van der Waals surface area contributed by atoms with Crippen molar-refractivity contribution in [3.05, 3.63) is 138 Å². The van der Waals surface area contributed by atoms with Crippen LogP contribution in [0.3, 0.4) is 0 Å². The van der Waals surface area contributed by atoms with Crippen LogP contribution in [-0.2, 0) is 61.5 Å². The average Bonchev–Trinajstić information content (AvgIpc) is 4.55. The predicted octanol–water partition coefficient (Wildman–Crippen LogP) is 5.80. The van der Waals surface area contributed by atoms with Gasteiger partial charge in [0.25, 0.3) is 0 Å². The van der Waals surface area contributed by atoms with Gasteiger partial charge >= 0.3 is 24.0 Å². The summed E-state index contributed by atoms with van der Waals surface area (Å²) in [5.41, 5.74) is 5.37. The summed E-state index contributed by atoms with van der Waals surface area (Å²) in [6, 6.07) is 26.4. The molecule has 4 aromatic carbocycles. The van der Waals surface area contributed by atoms with Crippen molar-refractivity contribution in [1.82, 2.24) is 24.2 Å². The third-order valence-electron chi connectivity index (χ3n) is 15.0. The standard InChI is InChI=1S/C33H37N5O8S.C27H34N6O7S/c1-21-9-6-7-12-25(21)35-33(42)36-26-15-14-22(17-29(26)45-2)18-30(39)38-16-8-13-28(38)31-34-20-23(46-31)19-27(32(40)41)37-47(43,44)24-10-4-3-5-11-24;1-16-6-4-5-7-21(16)31-27(37)30-19-9-8-18(28-14-19)12-23(34)33-11-10-17(2)24(33)25-29-15-20(40-25)13-22(26(35)36)32-41(3,38)39/h3-7,9-12,14-15,17,23,27-28,37H,8,13,16,18-20H2,1-2H3,(H,40,41)(H2,35,36,42);4-9,14,17,20,22,24,32H,10-13,15H2,1-3H3,(H,35,36)(H2,30,31,37). The third kappa shape index (κ3) is 17.6. The summed E-state index contributed by atoms with van der Waals surface area (Å²) in [6.45, 7) is 7.10. The van der Waals surface area contributed by atoms with Gasteiger partial charge in [0.05, 0.1) is 61.8 Å². The van der Waals surface area contributed by atoms with Crippen molar-refractivity contribution in [1.29, 1.82) is 0 Å². The number of urea groups is 2. The molecule has 7 unspecified atom stereocenters. The number of anilines is 4. The van der Waals surface area contributed by atoms with Crippen molar-refractivity contribution in [2.45, 2.75) is 107 Å². The second kappa shape index (κ2) is 29.1. The highest BCUT2D eigenvalue weighted by molar-refractivity contribution is 7.89. The van der Waals surface area contributed by atoms with Gasteiger partial charge in [-0.25, -0.2) is 41.1 Å². The van der Waals surface area contributed by atoms with E-state index < -0.39 is 80.4 Å². The number of nitrogens with zero attached hydrogens (tertiary/aromatic N) is 5. The van der Waals surface area contributed by atoms with Gasteiger partial charge in [0.2, 0.25) is 43.7 Å². The summed E-state index contributed by atoms with van der Waals surface area (Å²) in [7, 11) is -6.31. The number of aliphatic carboxylic acids is 2. The minimum atomic E-state index is -4.06. The molecule has 1 aromatic heterocycles. The summed E-state index contributed by atoms with van der Waals surface area (Å²) in [4.78, 5) is 91.8. The maximum atomic E-state index is 13.5. The van der Waals surface area contributed by atoms with Crippen molar-refractivity contribution in [2.24, 2.45) is 15.9 Å². The van der Waals surface area contributed by atoms with Gasteiger partial charge in [0, 0.05) is 43.0 Å². The monoisotopic (exact) mass is 1250 g/mol. The molecule has 468 valence electrons. The Hall–Kier alpha value is -8.99. The first-order valence-corrected chi connectivity index (χ1v) is 31.7. The number of carbonyl (C=O) groups is 6. The summed E-state index contributed by atoms with van der Waals surface area (Å²) in [5, 5.41) is 30.2. The van der Waals surface area contributed by atoms with Crippen LogP contribution in [0.5, 0.6) is 5.75 Å². The van der Waals surface area contributed by atoms with Crippen LogP contribution in [0.4, 0.5) is 32.3 Å². The van der Waals surface area contributed by atoms with Crippen LogP contribution < -0.4 is 35.4 Å². The third-order valence-corrected chi connectivity index (χ3v) is 17.2. The molecule has 5 heterocycles. The molecule has 0 saturated carbocycles. The SMILES string of the molecule is COc1cc(CC(=O)N2CCCC2C2=NCC(CC(NS(=O)(=O)c3ccccc3)C(=O)O)O2)ccc1NC(=O)Nc1ccccc1C.Cc1ccccc1NC(=O)Nc1ccc(CC(=O)N2CCC(C)C2C2=NCC(CC(NS(C)(=O)=O)C(=O)O)O2)nc1. The number of pyridine rings is 1. The highest BCUT2D eigenvalue weighted by atomic mass is 32.2. The summed E-state index contributed by atoms with van der Waals surface area (Å²) >= 11 is 0. The lowest BCUT2D eigenvalue weighted by Gasteiger charge is -2.27. The van der Waals surface area contributed by atoms with Crippen LogP contribution in [0.25, 0.3) is 0 Å². The molecule has 2 fully saturated rings. The zero-order chi connectivity index (χ0) is 63.3. The first kappa shape index (κ1) is 65.0. The number of hydrogen-bond donors (Lipinski definition) is 8. The second-order valence-electron chi connectivity index (χ2n) is 21.7. The summed E-state index contributed by atoms with van der Waals surface area (Å²) < 4.78 is 70.3. The molecule has 28 heteroatoms. The van der Waals surface area contributed by atoms with Crippen LogP contribution in [-0.4, -0.2) is 165 Å². The number of aliphatic imine (C=N–C) groups is 2. The summed E-state index contributed by atoms with van der Waals surface area (Å²) in [6.07, 6.45) is 3.05. The second-order valence-corrected chi connectivity index (χ2v) is 25.2. The number of benzene rings is 4. The number of amides is 6. The number of nitrogens with one attached hydrogen (secondary N) is 6. The Labute approximate surface area is 509 Å². The molecule has 0 aliphatic carbocycles. The van der Waals surface area contributed by atoms with Gasteiger partial charge in [-0.05, 0) is 104 Å². The molecule has 4 aliphatic rings. The minimum Gasteiger partial charge on any atom is -0.495 e. The lowest BCUT2D eigenvalue weighted by Crippen LogP contribution is -2.45. The molecular formula is C60H71N11O15S2. The number of sulfonamides is 2. The van der Waals surface area contributed by atoms with Gasteiger partial charge in [0.15, 0.2) is 0 Å². The lowest BCUT2D eigenvalue weighted by molar-refractivity contribution is -0.140. The number of carboxylic acids is 2.